The second kappa shape index (κ2) is 8.38. The zero-order chi connectivity index (χ0) is 24.2. The highest BCUT2D eigenvalue weighted by atomic mass is 32.2. The number of nitrogens with one attached hydrogen (secondary N) is 3. The van der Waals surface area contributed by atoms with Gasteiger partial charge in [-0.05, 0) is 96.1 Å². The van der Waals surface area contributed by atoms with Crippen LogP contribution in [0.25, 0.3) is 0 Å². The first-order valence-corrected chi connectivity index (χ1v) is 13.5. The fourth-order valence-corrected chi connectivity index (χ4v) is 8.20. The fraction of sp³-hybridized carbons (Fsp3) is 0.680. The Balaban J connectivity index is 1.47. The van der Waals surface area contributed by atoms with E-state index in [1.165, 1.54) is 0 Å². The lowest BCUT2D eigenvalue weighted by Gasteiger charge is -2.59. The SMILES string of the molecule is Cc1ccccc1S(=O)(=O)NC(C)(C)C(=O)NC1C2CC3CC1CC(C(=O)NC(C)C)(C3)C2. The van der Waals surface area contributed by atoms with Crippen molar-refractivity contribution >= 4 is 21.8 Å². The normalized spacial score (nSPS) is 31.0. The molecule has 2 atom stereocenters. The third kappa shape index (κ3) is 4.56. The molecule has 0 aromatic heterocycles. The summed E-state index contributed by atoms with van der Waals surface area (Å²) in [6.07, 6.45) is 4.57. The molecule has 2 amide bonds. The van der Waals surface area contributed by atoms with E-state index >= 15 is 0 Å². The van der Waals surface area contributed by atoms with E-state index in [2.05, 4.69) is 15.4 Å². The van der Waals surface area contributed by atoms with E-state index in [-0.39, 0.29) is 46.0 Å². The zero-order valence-corrected chi connectivity index (χ0v) is 21.1. The number of rotatable bonds is 7. The summed E-state index contributed by atoms with van der Waals surface area (Å²) in [4.78, 5) is 26.5. The summed E-state index contributed by atoms with van der Waals surface area (Å²) >= 11 is 0. The van der Waals surface area contributed by atoms with Gasteiger partial charge in [0.15, 0.2) is 0 Å². The van der Waals surface area contributed by atoms with Crippen molar-refractivity contribution in [2.24, 2.45) is 23.2 Å². The van der Waals surface area contributed by atoms with Gasteiger partial charge in [-0.2, -0.15) is 4.72 Å². The van der Waals surface area contributed by atoms with Crippen LogP contribution in [-0.2, 0) is 19.6 Å². The molecule has 182 valence electrons. The second-order valence-corrected chi connectivity index (χ2v) is 13.0. The molecule has 4 fully saturated rings. The summed E-state index contributed by atoms with van der Waals surface area (Å²) in [7, 11) is -3.85. The van der Waals surface area contributed by atoms with E-state index in [9.17, 15) is 18.0 Å². The summed E-state index contributed by atoms with van der Waals surface area (Å²) in [5, 5.41) is 6.31. The molecule has 0 aliphatic heterocycles. The Labute approximate surface area is 197 Å². The van der Waals surface area contributed by atoms with Crippen LogP contribution < -0.4 is 15.4 Å². The number of carbonyl (C=O) groups is 2. The molecule has 2 unspecified atom stereocenters. The second-order valence-electron chi connectivity index (χ2n) is 11.4. The Morgan fingerprint density at radius 2 is 1.67 bits per heavy atom. The smallest absolute Gasteiger partial charge is 0.241 e. The predicted octanol–water partition coefficient (Wildman–Crippen LogP) is 2.89. The minimum atomic E-state index is -3.85. The van der Waals surface area contributed by atoms with Crippen molar-refractivity contribution in [3.63, 3.8) is 0 Å². The topological polar surface area (TPSA) is 104 Å². The van der Waals surface area contributed by atoms with E-state index in [0.29, 0.717) is 11.5 Å². The van der Waals surface area contributed by atoms with Crippen LogP contribution in [-0.4, -0.2) is 37.9 Å². The minimum Gasteiger partial charge on any atom is -0.353 e. The van der Waals surface area contributed by atoms with Crippen LogP contribution >= 0.6 is 0 Å². The van der Waals surface area contributed by atoms with Gasteiger partial charge in [0.1, 0.15) is 5.54 Å². The molecule has 1 aromatic carbocycles. The lowest BCUT2D eigenvalue weighted by molar-refractivity contribution is -0.151. The Bertz CT molecular complexity index is 1030. The Morgan fingerprint density at radius 1 is 1.06 bits per heavy atom. The number of amides is 2. The highest BCUT2D eigenvalue weighted by Crippen LogP contribution is 2.60. The van der Waals surface area contributed by atoms with Crippen LogP contribution in [0.1, 0.15) is 65.4 Å². The summed E-state index contributed by atoms with van der Waals surface area (Å²) in [5.74, 6) is 0.871. The first kappa shape index (κ1) is 24.2. The van der Waals surface area contributed by atoms with Crippen molar-refractivity contribution in [1.29, 1.82) is 0 Å². The maximum absolute atomic E-state index is 13.3. The molecule has 7 nitrogen and oxygen atoms in total. The molecular formula is C25H37N3O4S. The third-order valence-electron chi connectivity index (χ3n) is 7.81. The molecule has 5 rings (SSSR count). The van der Waals surface area contributed by atoms with Gasteiger partial charge in [-0.25, -0.2) is 8.42 Å². The standard InChI is InChI=1S/C25H37N3O4S/c1-15(2)26-23(30)25-12-17-10-18(13-25)21(19(11-17)14-25)27-22(29)24(4,5)28-33(31,32)20-9-7-6-8-16(20)3/h6-9,15,17-19,21,28H,10-14H2,1-5H3,(H,26,30)(H,27,29). The lowest BCUT2D eigenvalue weighted by Crippen LogP contribution is -2.65. The van der Waals surface area contributed by atoms with Gasteiger partial charge in [0.05, 0.1) is 10.3 Å². The zero-order valence-electron chi connectivity index (χ0n) is 20.3. The van der Waals surface area contributed by atoms with E-state index in [1.54, 1.807) is 45.0 Å². The van der Waals surface area contributed by atoms with Gasteiger partial charge in [0, 0.05) is 12.1 Å². The third-order valence-corrected chi connectivity index (χ3v) is 9.63. The van der Waals surface area contributed by atoms with E-state index < -0.39 is 15.6 Å². The number of benzene rings is 1. The molecule has 4 saturated carbocycles. The van der Waals surface area contributed by atoms with Crippen molar-refractivity contribution < 1.29 is 18.0 Å². The average Bonchev–Trinajstić information content (AvgIpc) is 2.69. The van der Waals surface area contributed by atoms with Crippen LogP contribution in [0.3, 0.4) is 0 Å². The van der Waals surface area contributed by atoms with E-state index in [4.69, 9.17) is 0 Å². The molecule has 4 bridgehead atoms. The molecule has 0 heterocycles. The first-order chi connectivity index (χ1) is 15.3. The van der Waals surface area contributed by atoms with Gasteiger partial charge in [-0.15, -0.1) is 0 Å². The van der Waals surface area contributed by atoms with Crippen LogP contribution in [0, 0.1) is 30.1 Å². The van der Waals surface area contributed by atoms with Gasteiger partial charge >= 0.3 is 0 Å². The van der Waals surface area contributed by atoms with Crippen molar-refractivity contribution in [3.05, 3.63) is 29.8 Å². The minimum absolute atomic E-state index is 0.0173. The summed E-state index contributed by atoms with van der Waals surface area (Å²) in [5.41, 5.74) is -0.987. The molecule has 8 heteroatoms. The van der Waals surface area contributed by atoms with Gasteiger partial charge in [-0.3, -0.25) is 9.59 Å². The molecule has 0 radical (unpaired) electrons. The summed E-state index contributed by atoms with van der Waals surface area (Å²) in [6, 6.07) is 6.84. The van der Waals surface area contributed by atoms with Gasteiger partial charge < -0.3 is 10.6 Å². The van der Waals surface area contributed by atoms with Gasteiger partial charge in [-0.1, -0.05) is 18.2 Å². The monoisotopic (exact) mass is 475 g/mol. The highest BCUT2D eigenvalue weighted by Gasteiger charge is 2.59. The van der Waals surface area contributed by atoms with Gasteiger partial charge in [0.25, 0.3) is 0 Å². The van der Waals surface area contributed by atoms with Crippen molar-refractivity contribution in [2.45, 2.75) is 89.2 Å². The molecule has 33 heavy (non-hydrogen) atoms. The summed E-state index contributed by atoms with van der Waals surface area (Å²) in [6.45, 7) is 8.92. The van der Waals surface area contributed by atoms with Crippen LogP contribution in [0.4, 0.5) is 0 Å². The number of hydrogen-bond acceptors (Lipinski definition) is 4. The largest absolute Gasteiger partial charge is 0.353 e. The molecular weight excluding hydrogens is 438 g/mol. The molecule has 4 aliphatic carbocycles. The number of hydrogen-bond donors (Lipinski definition) is 3. The maximum atomic E-state index is 13.3. The first-order valence-electron chi connectivity index (χ1n) is 12.0. The van der Waals surface area contributed by atoms with E-state index in [0.717, 1.165) is 32.1 Å². The van der Waals surface area contributed by atoms with Crippen molar-refractivity contribution in [3.8, 4) is 0 Å². The van der Waals surface area contributed by atoms with Crippen LogP contribution in [0.2, 0.25) is 0 Å². The number of carbonyl (C=O) groups excluding carboxylic acids is 2. The maximum Gasteiger partial charge on any atom is 0.241 e. The van der Waals surface area contributed by atoms with Crippen molar-refractivity contribution in [2.75, 3.05) is 0 Å². The van der Waals surface area contributed by atoms with Crippen LogP contribution in [0.15, 0.2) is 29.2 Å². The number of sulfonamides is 1. The Morgan fingerprint density at radius 3 is 2.24 bits per heavy atom. The summed E-state index contributed by atoms with van der Waals surface area (Å²) < 4.78 is 28.6. The number of aryl methyl sites for hydroxylation is 1. The molecule has 0 saturated heterocycles. The van der Waals surface area contributed by atoms with Gasteiger partial charge in [0.2, 0.25) is 21.8 Å². The van der Waals surface area contributed by atoms with Crippen molar-refractivity contribution in [1.82, 2.24) is 15.4 Å². The Kier molecular flexibility index (Phi) is 6.15. The lowest BCUT2D eigenvalue weighted by atomic mass is 9.47. The molecule has 1 aromatic rings. The average molecular weight is 476 g/mol. The molecule has 3 N–H and O–H groups in total. The molecule has 4 aliphatic rings. The predicted molar refractivity (Wildman–Crippen MR) is 127 cm³/mol. The van der Waals surface area contributed by atoms with E-state index in [1.807, 2.05) is 13.8 Å². The Hall–Kier alpha value is -1.93. The molecule has 0 spiro atoms. The van der Waals surface area contributed by atoms with Crippen LogP contribution in [0.5, 0.6) is 0 Å². The quantitative estimate of drug-likeness (QED) is 0.564. The fourth-order valence-electron chi connectivity index (χ4n) is 6.58. The highest BCUT2D eigenvalue weighted by molar-refractivity contribution is 7.89.